The third-order valence-electron chi connectivity index (χ3n) is 1.83. The SMILES string of the molecule is COCC(C)(C)NC/C=C(/C)C(=O)O. The van der Waals surface area contributed by atoms with Crippen molar-refractivity contribution in [3.63, 3.8) is 0 Å². The van der Waals surface area contributed by atoms with Crippen molar-refractivity contribution in [3.8, 4) is 0 Å². The number of rotatable bonds is 6. The van der Waals surface area contributed by atoms with Crippen molar-refractivity contribution in [2.45, 2.75) is 26.3 Å². The molecule has 0 aromatic heterocycles. The van der Waals surface area contributed by atoms with E-state index in [1.54, 1.807) is 20.1 Å². The average molecular weight is 201 g/mol. The summed E-state index contributed by atoms with van der Waals surface area (Å²) in [7, 11) is 1.64. The molecule has 0 saturated heterocycles. The number of carboxylic acids is 1. The van der Waals surface area contributed by atoms with Gasteiger partial charge in [0.05, 0.1) is 6.61 Å². The summed E-state index contributed by atoms with van der Waals surface area (Å²) in [6, 6.07) is 0. The molecule has 0 unspecified atom stereocenters. The number of ether oxygens (including phenoxy) is 1. The van der Waals surface area contributed by atoms with Gasteiger partial charge in [-0.25, -0.2) is 4.79 Å². The third-order valence-corrected chi connectivity index (χ3v) is 1.83. The topological polar surface area (TPSA) is 58.6 Å². The van der Waals surface area contributed by atoms with E-state index in [-0.39, 0.29) is 5.54 Å². The first-order valence-corrected chi connectivity index (χ1v) is 4.53. The summed E-state index contributed by atoms with van der Waals surface area (Å²) in [6.45, 7) is 6.70. The van der Waals surface area contributed by atoms with Crippen LogP contribution in [-0.4, -0.2) is 36.9 Å². The number of carbonyl (C=O) groups is 1. The molecule has 0 amide bonds. The van der Waals surface area contributed by atoms with Gasteiger partial charge in [0.25, 0.3) is 0 Å². The zero-order valence-electron chi connectivity index (χ0n) is 9.26. The molecule has 0 aliphatic heterocycles. The minimum absolute atomic E-state index is 0.135. The lowest BCUT2D eigenvalue weighted by molar-refractivity contribution is -0.132. The Balaban J connectivity index is 3.94. The number of carboxylic acid groups (broad SMARTS) is 1. The van der Waals surface area contributed by atoms with Crippen LogP contribution in [0.2, 0.25) is 0 Å². The third kappa shape index (κ3) is 5.72. The van der Waals surface area contributed by atoms with E-state index in [9.17, 15) is 4.79 Å². The van der Waals surface area contributed by atoms with Crippen LogP contribution in [0, 0.1) is 0 Å². The summed E-state index contributed by atoms with van der Waals surface area (Å²) in [5, 5.41) is 11.8. The van der Waals surface area contributed by atoms with Gasteiger partial charge in [-0.2, -0.15) is 0 Å². The lowest BCUT2D eigenvalue weighted by Crippen LogP contribution is -2.43. The Morgan fingerprint density at radius 3 is 2.57 bits per heavy atom. The van der Waals surface area contributed by atoms with E-state index in [2.05, 4.69) is 5.32 Å². The van der Waals surface area contributed by atoms with Gasteiger partial charge >= 0.3 is 5.97 Å². The number of hydrogen-bond donors (Lipinski definition) is 2. The van der Waals surface area contributed by atoms with Gasteiger partial charge in [0.15, 0.2) is 0 Å². The zero-order valence-corrected chi connectivity index (χ0v) is 9.26. The second-order valence-corrected chi connectivity index (χ2v) is 3.89. The number of methoxy groups -OCH3 is 1. The summed E-state index contributed by atoms with van der Waals surface area (Å²) in [5.41, 5.74) is 0.218. The minimum Gasteiger partial charge on any atom is -0.478 e. The highest BCUT2D eigenvalue weighted by molar-refractivity contribution is 5.85. The van der Waals surface area contributed by atoms with Gasteiger partial charge in [0, 0.05) is 24.8 Å². The molecule has 2 N–H and O–H groups in total. The molecule has 0 fully saturated rings. The highest BCUT2D eigenvalue weighted by Gasteiger charge is 2.15. The van der Waals surface area contributed by atoms with Crippen molar-refractivity contribution in [2.24, 2.45) is 0 Å². The zero-order chi connectivity index (χ0) is 11.2. The van der Waals surface area contributed by atoms with Crippen LogP contribution < -0.4 is 5.32 Å². The standard InChI is InChI=1S/C10H19NO3/c1-8(9(12)13)5-6-11-10(2,3)7-14-4/h5,11H,6-7H2,1-4H3,(H,12,13)/b8-5-. The molecule has 0 heterocycles. The van der Waals surface area contributed by atoms with E-state index in [0.29, 0.717) is 18.7 Å². The largest absolute Gasteiger partial charge is 0.478 e. The molecular weight excluding hydrogens is 182 g/mol. The minimum atomic E-state index is -0.878. The average Bonchev–Trinajstić information content (AvgIpc) is 2.03. The first kappa shape index (κ1) is 13.1. The van der Waals surface area contributed by atoms with E-state index >= 15 is 0 Å². The molecule has 0 radical (unpaired) electrons. The maximum atomic E-state index is 10.5. The van der Waals surface area contributed by atoms with Crippen LogP contribution in [0.5, 0.6) is 0 Å². The monoisotopic (exact) mass is 201 g/mol. The summed E-state index contributed by atoms with van der Waals surface area (Å²) in [5.74, 6) is -0.878. The Bertz CT molecular complexity index is 221. The van der Waals surface area contributed by atoms with Crippen LogP contribution in [0.15, 0.2) is 11.6 Å². The van der Waals surface area contributed by atoms with Crippen molar-refractivity contribution >= 4 is 5.97 Å². The second kappa shape index (κ2) is 5.78. The fraction of sp³-hybridized carbons (Fsp3) is 0.700. The molecule has 4 nitrogen and oxygen atoms in total. The molecule has 0 spiro atoms. The molecule has 0 aromatic rings. The second-order valence-electron chi connectivity index (χ2n) is 3.89. The highest BCUT2D eigenvalue weighted by atomic mass is 16.5. The van der Waals surface area contributed by atoms with Crippen LogP contribution in [0.4, 0.5) is 0 Å². The van der Waals surface area contributed by atoms with Crippen LogP contribution >= 0.6 is 0 Å². The van der Waals surface area contributed by atoms with E-state index in [1.165, 1.54) is 0 Å². The Morgan fingerprint density at radius 2 is 2.14 bits per heavy atom. The molecule has 0 saturated carbocycles. The summed E-state index contributed by atoms with van der Waals surface area (Å²) >= 11 is 0. The van der Waals surface area contributed by atoms with Gasteiger partial charge in [0.1, 0.15) is 0 Å². The molecule has 0 rings (SSSR count). The summed E-state index contributed by atoms with van der Waals surface area (Å²) < 4.78 is 5.01. The number of hydrogen-bond acceptors (Lipinski definition) is 3. The van der Waals surface area contributed by atoms with E-state index in [1.807, 2.05) is 13.8 Å². The predicted octanol–water partition coefficient (Wildman–Crippen LogP) is 1.03. The number of aliphatic carboxylic acids is 1. The maximum Gasteiger partial charge on any atom is 0.330 e. The van der Waals surface area contributed by atoms with Gasteiger partial charge in [-0.05, 0) is 20.8 Å². The highest BCUT2D eigenvalue weighted by Crippen LogP contribution is 2.01. The molecular formula is C10H19NO3. The lowest BCUT2D eigenvalue weighted by Gasteiger charge is -2.24. The Labute approximate surface area is 85.0 Å². The van der Waals surface area contributed by atoms with Gasteiger partial charge in [0.2, 0.25) is 0 Å². The molecule has 0 atom stereocenters. The van der Waals surface area contributed by atoms with E-state index in [4.69, 9.17) is 9.84 Å². The quantitative estimate of drug-likeness (QED) is 0.630. The van der Waals surface area contributed by atoms with E-state index in [0.717, 1.165) is 0 Å². The molecule has 0 aliphatic carbocycles. The van der Waals surface area contributed by atoms with Crippen molar-refractivity contribution in [1.82, 2.24) is 5.32 Å². The first-order valence-electron chi connectivity index (χ1n) is 4.53. The molecule has 14 heavy (non-hydrogen) atoms. The maximum absolute atomic E-state index is 10.5. The van der Waals surface area contributed by atoms with Gasteiger partial charge in [-0.3, -0.25) is 0 Å². The van der Waals surface area contributed by atoms with Gasteiger partial charge in [-0.15, -0.1) is 0 Å². The van der Waals surface area contributed by atoms with E-state index < -0.39 is 5.97 Å². The molecule has 82 valence electrons. The molecule has 0 aromatic carbocycles. The summed E-state index contributed by atoms with van der Waals surface area (Å²) in [4.78, 5) is 10.5. The molecule has 0 aliphatic rings. The van der Waals surface area contributed by atoms with Gasteiger partial charge in [-0.1, -0.05) is 6.08 Å². The van der Waals surface area contributed by atoms with Gasteiger partial charge < -0.3 is 15.2 Å². The lowest BCUT2D eigenvalue weighted by atomic mass is 10.1. The fourth-order valence-electron chi connectivity index (χ4n) is 0.980. The Morgan fingerprint density at radius 1 is 1.57 bits per heavy atom. The van der Waals surface area contributed by atoms with Crippen LogP contribution in [0.1, 0.15) is 20.8 Å². The normalized spacial score (nSPS) is 13.0. The summed E-state index contributed by atoms with van der Waals surface area (Å²) in [6.07, 6.45) is 1.65. The number of nitrogens with one attached hydrogen (secondary N) is 1. The van der Waals surface area contributed by atoms with Crippen molar-refractivity contribution < 1.29 is 14.6 Å². The molecule has 4 heteroatoms. The first-order chi connectivity index (χ1) is 6.39. The van der Waals surface area contributed by atoms with Crippen LogP contribution in [0.25, 0.3) is 0 Å². The Hall–Kier alpha value is -0.870. The van der Waals surface area contributed by atoms with Crippen LogP contribution in [-0.2, 0) is 9.53 Å². The van der Waals surface area contributed by atoms with Crippen molar-refractivity contribution in [3.05, 3.63) is 11.6 Å². The smallest absolute Gasteiger partial charge is 0.330 e. The van der Waals surface area contributed by atoms with Crippen molar-refractivity contribution in [1.29, 1.82) is 0 Å². The predicted molar refractivity (Wildman–Crippen MR) is 55.4 cm³/mol. The Kier molecular flexibility index (Phi) is 5.42. The van der Waals surface area contributed by atoms with Crippen LogP contribution in [0.3, 0.4) is 0 Å². The van der Waals surface area contributed by atoms with Crippen molar-refractivity contribution in [2.75, 3.05) is 20.3 Å². The molecule has 0 bridgehead atoms. The fourth-order valence-corrected chi connectivity index (χ4v) is 0.980.